The van der Waals surface area contributed by atoms with Gasteiger partial charge in [0.25, 0.3) is 5.91 Å². The molecule has 4 atom stereocenters. The van der Waals surface area contributed by atoms with Crippen LogP contribution in [0.1, 0.15) is 54.9 Å². The van der Waals surface area contributed by atoms with E-state index in [1.165, 1.54) is 10.5 Å². The highest BCUT2D eigenvalue weighted by molar-refractivity contribution is 5.99. The van der Waals surface area contributed by atoms with Crippen LogP contribution in [0, 0.1) is 5.92 Å². The number of nitrogens with zero attached hydrogens (tertiary/aromatic N) is 2. The first-order chi connectivity index (χ1) is 17.3. The fraction of sp³-hybridized carbons (Fsp3) is 0.667. The van der Waals surface area contributed by atoms with Crippen LogP contribution in [0.4, 0.5) is 0 Å². The van der Waals surface area contributed by atoms with E-state index in [1.807, 2.05) is 38.1 Å². The first kappa shape index (κ1) is 26.7. The second kappa shape index (κ2) is 11.8. The monoisotopic (exact) mass is 500 g/mol. The number of carbonyl (C=O) groups excluding carboxylic acids is 3. The maximum atomic E-state index is 13.5. The summed E-state index contributed by atoms with van der Waals surface area (Å²) in [5.41, 5.74) is 7.90. The van der Waals surface area contributed by atoms with Crippen LogP contribution in [0.5, 0.6) is 0 Å². The van der Waals surface area contributed by atoms with E-state index in [0.717, 1.165) is 39.1 Å². The molecule has 2 amide bonds. The number of ether oxygens (including phenoxy) is 2. The number of fused-ring (bicyclic) bond motifs is 1. The van der Waals surface area contributed by atoms with Crippen molar-refractivity contribution in [1.29, 1.82) is 0 Å². The van der Waals surface area contributed by atoms with Gasteiger partial charge in [0.2, 0.25) is 5.91 Å². The highest BCUT2D eigenvalue weighted by atomic mass is 16.5. The molecule has 0 aliphatic carbocycles. The Hall–Kier alpha value is -2.33. The predicted octanol–water partition coefficient (Wildman–Crippen LogP) is 1.16. The van der Waals surface area contributed by atoms with Crippen LogP contribution < -0.4 is 11.1 Å². The number of nitrogens with one attached hydrogen (secondary N) is 1. The Morgan fingerprint density at radius 1 is 1.19 bits per heavy atom. The zero-order chi connectivity index (χ0) is 25.8. The lowest BCUT2D eigenvalue weighted by molar-refractivity contribution is -0.138. The smallest absolute Gasteiger partial charge is 0.251 e. The van der Waals surface area contributed by atoms with Gasteiger partial charge in [-0.15, -0.1) is 0 Å². The zero-order valence-electron chi connectivity index (χ0n) is 21.7. The van der Waals surface area contributed by atoms with Crippen molar-refractivity contribution >= 4 is 17.6 Å². The second-order valence-electron chi connectivity index (χ2n) is 10.7. The number of ketones is 1. The quantitative estimate of drug-likeness (QED) is 0.523. The molecule has 3 aliphatic rings. The van der Waals surface area contributed by atoms with Gasteiger partial charge in [0.15, 0.2) is 5.78 Å². The van der Waals surface area contributed by atoms with Gasteiger partial charge in [0, 0.05) is 25.8 Å². The average Bonchev–Trinajstić information content (AvgIpc) is 3.42. The summed E-state index contributed by atoms with van der Waals surface area (Å²) in [5, 5.41) is 2.93. The standard InChI is InChI=1S/C27H40N4O5/c1-17(2)14-22(27(34)31-15-21(28)25-24(31)23(32)16-36-25)29-26(33)20-6-4-18(5-7-20)19-8-10-30(11-9-19)12-13-35-3/h4-7,17,19,21-22,24-25H,8-16,28H2,1-3H3,(H,29,33)/t21-,22?,24-,25-/m1/s1. The fourth-order valence-corrected chi connectivity index (χ4v) is 5.67. The molecule has 198 valence electrons. The third-order valence-corrected chi connectivity index (χ3v) is 7.66. The summed E-state index contributed by atoms with van der Waals surface area (Å²) in [7, 11) is 1.73. The summed E-state index contributed by atoms with van der Waals surface area (Å²) >= 11 is 0. The SMILES string of the molecule is COCCN1CCC(c2ccc(C(=O)NC(CC(C)C)C(=O)N3C[C@@H](N)[C@H]4OCC(=O)[C@H]43)cc2)CC1. The van der Waals surface area contributed by atoms with Crippen LogP contribution >= 0.6 is 0 Å². The summed E-state index contributed by atoms with van der Waals surface area (Å²) in [4.78, 5) is 42.9. The molecule has 1 aromatic carbocycles. The highest BCUT2D eigenvalue weighted by Crippen LogP contribution is 2.29. The topological polar surface area (TPSA) is 114 Å². The van der Waals surface area contributed by atoms with E-state index < -0.39 is 24.2 Å². The van der Waals surface area contributed by atoms with Gasteiger partial charge in [-0.1, -0.05) is 26.0 Å². The van der Waals surface area contributed by atoms with Crippen molar-refractivity contribution in [3.8, 4) is 0 Å². The molecule has 3 aliphatic heterocycles. The number of carbonyl (C=O) groups is 3. The molecule has 3 fully saturated rings. The molecule has 9 nitrogen and oxygen atoms in total. The lowest BCUT2D eigenvalue weighted by Crippen LogP contribution is -2.52. The average molecular weight is 501 g/mol. The molecule has 4 rings (SSSR count). The van der Waals surface area contributed by atoms with E-state index in [4.69, 9.17) is 15.2 Å². The summed E-state index contributed by atoms with van der Waals surface area (Å²) in [6, 6.07) is 5.96. The highest BCUT2D eigenvalue weighted by Gasteiger charge is 2.52. The van der Waals surface area contributed by atoms with E-state index >= 15 is 0 Å². The maximum Gasteiger partial charge on any atom is 0.251 e. The van der Waals surface area contributed by atoms with Crippen molar-refractivity contribution in [1.82, 2.24) is 15.1 Å². The molecule has 1 aromatic rings. The normalized spacial score (nSPS) is 25.9. The number of amides is 2. The molecule has 36 heavy (non-hydrogen) atoms. The molecular weight excluding hydrogens is 460 g/mol. The summed E-state index contributed by atoms with van der Waals surface area (Å²) in [6.45, 7) is 8.05. The largest absolute Gasteiger partial charge is 0.383 e. The number of benzene rings is 1. The van der Waals surface area contributed by atoms with Gasteiger partial charge in [-0.2, -0.15) is 0 Å². The summed E-state index contributed by atoms with van der Waals surface area (Å²) in [5.74, 6) is -0.0237. The van der Waals surface area contributed by atoms with E-state index in [1.54, 1.807) is 7.11 Å². The minimum absolute atomic E-state index is 0.0213. The number of likely N-dealkylation sites (tertiary alicyclic amines) is 2. The molecule has 9 heteroatoms. The lowest BCUT2D eigenvalue weighted by Gasteiger charge is -2.32. The number of rotatable bonds is 9. The van der Waals surface area contributed by atoms with Crippen molar-refractivity contribution in [2.75, 3.05) is 46.5 Å². The second-order valence-corrected chi connectivity index (χ2v) is 10.7. The van der Waals surface area contributed by atoms with Crippen LogP contribution in [0.25, 0.3) is 0 Å². The number of Topliss-reactive ketones (excluding diaryl/α,β-unsaturated/α-hetero) is 1. The minimum atomic E-state index is -0.729. The molecule has 1 unspecified atom stereocenters. The van der Waals surface area contributed by atoms with E-state index in [-0.39, 0.29) is 36.7 Å². The van der Waals surface area contributed by atoms with Gasteiger partial charge in [0.1, 0.15) is 24.8 Å². The summed E-state index contributed by atoms with van der Waals surface area (Å²) < 4.78 is 10.7. The first-order valence-corrected chi connectivity index (χ1v) is 13.1. The van der Waals surface area contributed by atoms with Gasteiger partial charge in [-0.3, -0.25) is 14.4 Å². The van der Waals surface area contributed by atoms with Crippen LogP contribution in [-0.2, 0) is 19.1 Å². The van der Waals surface area contributed by atoms with Gasteiger partial charge in [0.05, 0.1) is 12.6 Å². The minimum Gasteiger partial charge on any atom is -0.383 e. The Bertz CT molecular complexity index is 929. The van der Waals surface area contributed by atoms with Crippen LogP contribution in [0.3, 0.4) is 0 Å². The summed E-state index contributed by atoms with van der Waals surface area (Å²) in [6.07, 6.45) is 2.19. The number of hydrogen-bond acceptors (Lipinski definition) is 7. The van der Waals surface area contributed by atoms with E-state index in [9.17, 15) is 14.4 Å². The van der Waals surface area contributed by atoms with Crippen molar-refractivity contribution in [2.24, 2.45) is 11.7 Å². The van der Waals surface area contributed by atoms with Crippen molar-refractivity contribution in [2.45, 2.75) is 63.3 Å². The third-order valence-electron chi connectivity index (χ3n) is 7.66. The first-order valence-electron chi connectivity index (χ1n) is 13.1. The van der Waals surface area contributed by atoms with E-state index in [0.29, 0.717) is 17.9 Å². The Balaban J connectivity index is 1.38. The Morgan fingerprint density at radius 3 is 2.53 bits per heavy atom. The van der Waals surface area contributed by atoms with Crippen LogP contribution in [-0.4, -0.2) is 98.1 Å². The maximum absolute atomic E-state index is 13.5. The number of methoxy groups -OCH3 is 1. The molecule has 0 radical (unpaired) electrons. The molecule has 3 saturated heterocycles. The third kappa shape index (κ3) is 5.96. The molecule has 0 bridgehead atoms. The van der Waals surface area contributed by atoms with Gasteiger partial charge >= 0.3 is 0 Å². The molecular formula is C27H40N4O5. The van der Waals surface area contributed by atoms with Crippen LogP contribution in [0.2, 0.25) is 0 Å². The van der Waals surface area contributed by atoms with Gasteiger partial charge in [-0.05, 0) is 61.9 Å². The molecule has 3 N–H and O–H groups in total. The lowest BCUT2D eigenvalue weighted by atomic mass is 9.89. The molecule has 0 saturated carbocycles. The predicted molar refractivity (Wildman–Crippen MR) is 136 cm³/mol. The van der Waals surface area contributed by atoms with Crippen molar-refractivity contribution < 1.29 is 23.9 Å². The molecule has 0 spiro atoms. The molecule has 3 heterocycles. The van der Waals surface area contributed by atoms with Gasteiger partial charge in [-0.25, -0.2) is 0 Å². The Morgan fingerprint density at radius 2 is 1.89 bits per heavy atom. The number of hydrogen-bond donors (Lipinski definition) is 2. The van der Waals surface area contributed by atoms with Crippen molar-refractivity contribution in [3.05, 3.63) is 35.4 Å². The molecule has 0 aromatic heterocycles. The Kier molecular flexibility index (Phi) is 8.77. The van der Waals surface area contributed by atoms with E-state index in [2.05, 4.69) is 10.2 Å². The fourth-order valence-electron chi connectivity index (χ4n) is 5.67. The number of piperidine rings is 1. The van der Waals surface area contributed by atoms with Crippen molar-refractivity contribution in [3.63, 3.8) is 0 Å². The Labute approximate surface area is 213 Å². The van der Waals surface area contributed by atoms with Crippen LogP contribution in [0.15, 0.2) is 24.3 Å². The zero-order valence-corrected chi connectivity index (χ0v) is 21.7. The van der Waals surface area contributed by atoms with Gasteiger partial charge < -0.3 is 30.3 Å². The number of nitrogens with two attached hydrogens (primary N) is 1.